The molecule has 0 atom stereocenters. The third-order valence-electron chi connectivity index (χ3n) is 0.917. The molecule has 1 aromatic heterocycles. The summed E-state index contributed by atoms with van der Waals surface area (Å²) in [6, 6.07) is 0. The van der Waals surface area contributed by atoms with Gasteiger partial charge in [-0.15, -0.1) is 0 Å². The van der Waals surface area contributed by atoms with E-state index in [2.05, 4.69) is 16.9 Å². The molecule has 0 saturated carbocycles. The zero-order chi connectivity index (χ0) is 5.82. The molecule has 1 N–H and O–H groups in total. The highest BCUT2D eigenvalue weighted by Gasteiger charge is 1.88. The number of hydrogen-bond acceptors (Lipinski definition) is 1. The van der Waals surface area contributed by atoms with Crippen molar-refractivity contribution < 1.29 is 0 Å². The largest absolute Gasteiger partial charge is 0.348 e. The lowest BCUT2D eigenvalue weighted by molar-refractivity contribution is 1.04. The van der Waals surface area contributed by atoms with E-state index in [1.54, 1.807) is 6.20 Å². The monoisotopic (exact) mass is 109 g/mol. The standard InChI is InChI=1S/C6H9N2/c1-2-3-6-7-4-5-8-6/h3-5H,2H2,1H3,(H,7,8). The van der Waals surface area contributed by atoms with Crippen molar-refractivity contribution in [2.75, 3.05) is 0 Å². The van der Waals surface area contributed by atoms with Gasteiger partial charge in [-0.3, -0.25) is 0 Å². The van der Waals surface area contributed by atoms with E-state index in [0.717, 1.165) is 12.2 Å². The van der Waals surface area contributed by atoms with E-state index < -0.39 is 0 Å². The third-order valence-corrected chi connectivity index (χ3v) is 0.917. The van der Waals surface area contributed by atoms with Gasteiger partial charge in [-0.05, 0) is 6.42 Å². The van der Waals surface area contributed by atoms with Crippen molar-refractivity contribution in [3.63, 3.8) is 0 Å². The highest BCUT2D eigenvalue weighted by atomic mass is 14.9. The molecule has 2 heteroatoms. The molecule has 0 aromatic carbocycles. The van der Waals surface area contributed by atoms with Gasteiger partial charge in [0.25, 0.3) is 0 Å². The molecular formula is C6H9N2. The number of imidazole rings is 1. The molecule has 0 spiro atoms. The molecule has 43 valence electrons. The topological polar surface area (TPSA) is 28.7 Å². The maximum absolute atomic E-state index is 3.99. The van der Waals surface area contributed by atoms with Gasteiger partial charge in [-0.2, -0.15) is 0 Å². The summed E-state index contributed by atoms with van der Waals surface area (Å²) in [5.41, 5.74) is 0. The van der Waals surface area contributed by atoms with Crippen LogP contribution in [-0.4, -0.2) is 9.97 Å². The fourth-order valence-electron chi connectivity index (χ4n) is 0.582. The molecule has 8 heavy (non-hydrogen) atoms. The van der Waals surface area contributed by atoms with Crippen LogP contribution in [0.25, 0.3) is 0 Å². The molecule has 1 radical (unpaired) electrons. The Hall–Kier alpha value is -0.790. The Balaban J connectivity index is 2.50. The van der Waals surface area contributed by atoms with Crippen LogP contribution in [0.2, 0.25) is 0 Å². The zero-order valence-electron chi connectivity index (χ0n) is 4.89. The number of nitrogens with zero attached hydrogens (tertiary/aromatic N) is 1. The average Bonchev–Trinajstić information content (AvgIpc) is 2.19. The maximum Gasteiger partial charge on any atom is 0.109 e. The molecular weight excluding hydrogens is 100 g/mol. The Morgan fingerprint density at radius 3 is 3.25 bits per heavy atom. The summed E-state index contributed by atoms with van der Waals surface area (Å²) < 4.78 is 0. The summed E-state index contributed by atoms with van der Waals surface area (Å²) in [4.78, 5) is 6.97. The van der Waals surface area contributed by atoms with Crippen molar-refractivity contribution in [1.82, 2.24) is 9.97 Å². The van der Waals surface area contributed by atoms with Gasteiger partial charge in [0.15, 0.2) is 0 Å². The van der Waals surface area contributed by atoms with E-state index in [1.165, 1.54) is 0 Å². The number of rotatable bonds is 2. The first kappa shape index (κ1) is 5.35. The van der Waals surface area contributed by atoms with Crippen LogP contribution < -0.4 is 0 Å². The highest BCUT2D eigenvalue weighted by Crippen LogP contribution is 1.94. The second-order valence-electron chi connectivity index (χ2n) is 1.59. The van der Waals surface area contributed by atoms with Crippen molar-refractivity contribution in [2.45, 2.75) is 13.3 Å². The van der Waals surface area contributed by atoms with Gasteiger partial charge in [0, 0.05) is 18.8 Å². The fourth-order valence-corrected chi connectivity index (χ4v) is 0.582. The predicted molar refractivity (Wildman–Crippen MR) is 32.3 cm³/mol. The van der Waals surface area contributed by atoms with E-state index in [-0.39, 0.29) is 0 Å². The Bertz CT molecular complexity index is 132. The van der Waals surface area contributed by atoms with E-state index in [4.69, 9.17) is 0 Å². The van der Waals surface area contributed by atoms with Gasteiger partial charge in [-0.25, -0.2) is 4.98 Å². The zero-order valence-corrected chi connectivity index (χ0v) is 4.89. The number of aromatic nitrogens is 2. The van der Waals surface area contributed by atoms with Gasteiger partial charge in [-0.1, -0.05) is 6.92 Å². The number of nitrogens with one attached hydrogen (secondary N) is 1. The summed E-state index contributed by atoms with van der Waals surface area (Å²) in [5, 5.41) is 0. The molecule has 0 amide bonds. The maximum atomic E-state index is 3.99. The van der Waals surface area contributed by atoms with Gasteiger partial charge >= 0.3 is 0 Å². The molecule has 0 saturated heterocycles. The first-order valence-electron chi connectivity index (χ1n) is 2.76. The lowest BCUT2D eigenvalue weighted by Crippen LogP contribution is -1.80. The van der Waals surface area contributed by atoms with Crippen LogP contribution in [0.1, 0.15) is 19.2 Å². The predicted octanol–water partition coefficient (Wildman–Crippen LogP) is 1.37. The summed E-state index contributed by atoms with van der Waals surface area (Å²) in [6.45, 7) is 2.09. The number of hydrogen-bond donors (Lipinski definition) is 1. The molecule has 1 rings (SSSR count). The third kappa shape index (κ3) is 1.09. The Labute approximate surface area is 49.0 Å². The smallest absolute Gasteiger partial charge is 0.109 e. The highest BCUT2D eigenvalue weighted by molar-refractivity contribution is 4.99. The van der Waals surface area contributed by atoms with Crippen LogP contribution in [0.5, 0.6) is 0 Å². The Morgan fingerprint density at radius 2 is 2.75 bits per heavy atom. The first-order valence-corrected chi connectivity index (χ1v) is 2.76. The Kier molecular flexibility index (Phi) is 1.67. The molecule has 0 aliphatic rings. The molecule has 1 aromatic rings. The normalized spacial score (nSPS) is 9.62. The van der Waals surface area contributed by atoms with E-state index in [0.29, 0.717) is 0 Å². The Morgan fingerprint density at radius 1 is 1.88 bits per heavy atom. The lowest BCUT2D eigenvalue weighted by atomic mass is 10.3. The van der Waals surface area contributed by atoms with Crippen LogP contribution in [-0.2, 0) is 0 Å². The fraction of sp³-hybridized carbons (Fsp3) is 0.333. The molecule has 0 fully saturated rings. The SMILES string of the molecule is CC[CH]c1ncc[nH]1. The van der Waals surface area contributed by atoms with E-state index in [1.807, 2.05) is 12.6 Å². The minimum absolute atomic E-state index is 0.965. The van der Waals surface area contributed by atoms with Crippen molar-refractivity contribution >= 4 is 0 Å². The summed E-state index contributed by atoms with van der Waals surface area (Å²) in [7, 11) is 0. The van der Waals surface area contributed by atoms with Crippen LogP contribution in [0.3, 0.4) is 0 Å². The van der Waals surface area contributed by atoms with Crippen molar-refractivity contribution in [2.24, 2.45) is 0 Å². The quantitative estimate of drug-likeness (QED) is 0.610. The molecule has 0 bridgehead atoms. The molecule has 0 aliphatic carbocycles. The van der Waals surface area contributed by atoms with Crippen LogP contribution >= 0.6 is 0 Å². The van der Waals surface area contributed by atoms with Gasteiger partial charge < -0.3 is 4.98 Å². The van der Waals surface area contributed by atoms with Gasteiger partial charge in [0.1, 0.15) is 5.82 Å². The lowest BCUT2D eigenvalue weighted by Gasteiger charge is -1.85. The first-order chi connectivity index (χ1) is 3.93. The van der Waals surface area contributed by atoms with Crippen molar-refractivity contribution in [3.05, 3.63) is 24.6 Å². The van der Waals surface area contributed by atoms with Crippen molar-refractivity contribution in [1.29, 1.82) is 0 Å². The van der Waals surface area contributed by atoms with Gasteiger partial charge in [0.05, 0.1) is 0 Å². The van der Waals surface area contributed by atoms with Crippen LogP contribution in [0, 0.1) is 6.42 Å². The van der Waals surface area contributed by atoms with Gasteiger partial charge in [0.2, 0.25) is 0 Å². The molecule has 2 nitrogen and oxygen atoms in total. The molecule has 0 aliphatic heterocycles. The van der Waals surface area contributed by atoms with E-state index in [9.17, 15) is 0 Å². The second kappa shape index (κ2) is 2.50. The molecule has 1 heterocycles. The average molecular weight is 109 g/mol. The summed E-state index contributed by atoms with van der Waals surface area (Å²) in [6.07, 6.45) is 6.65. The van der Waals surface area contributed by atoms with E-state index >= 15 is 0 Å². The summed E-state index contributed by atoms with van der Waals surface area (Å²) in [5.74, 6) is 0.965. The minimum Gasteiger partial charge on any atom is -0.348 e. The summed E-state index contributed by atoms with van der Waals surface area (Å²) >= 11 is 0. The molecule has 0 unspecified atom stereocenters. The number of H-pyrrole nitrogens is 1. The van der Waals surface area contributed by atoms with Crippen LogP contribution in [0.15, 0.2) is 12.4 Å². The second-order valence-corrected chi connectivity index (χ2v) is 1.59. The van der Waals surface area contributed by atoms with Crippen LogP contribution in [0.4, 0.5) is 0 Å². The minimum atomic E-state index is 0.965. The number of aromatic amines is 1. The van der Waals surface area contributed by atoms with Crippen molar-refractivity contribution in [3.8, 4) is 0 Å².